The summed E-state index contributed by atoms with van der Waals surface area (Å²) in [6, 6.07) is 5.33. The molecule has 0 aliphatic carbocycles. The lowest BCUT2D eigenvalue weighted by Crippen LogP contribution is -2.22. The van der Waals surface area contributed by atoms with Crippen LogP contribution in [0, 0.1) is 16.0 Å². The van der Waals surface area contributed by atoms with E-state index < -0.39 is 0 Å². The van der Waals surface area contributed by atoms with Gasteiger partial charge in [0.2, 0.25) is 0 Å². The van der Waals surface area contributed by atoms with Gasteiger partial charge in [-0.05, 0) is 24.6 Å². The molecule has 0 aromatic heterocycles. The Kier molecular flexibility index (Phi) is 5.09. The molecule has 0 atom stereocenters. The Morgan fingerprint density at radius 2 is 2.11 bits per heavy atom. The minimum atomic E-state index is -0.349. The highest BCUT2D eigenvalue weighted by Crippen LogP contribution is 2.25. The molecule has 18 heavy (non-hydrogen) atoms. The van der Waals surface area contributed by atoms with Crippen LogP contribution in [0.15, 0.2) is 18.2 Å². The zero-order valence-corrected chi connectivity index (χ0v) is 11.4. The van der Waals surface area contributed by atoms with Crippen LogP contribution in [0.3, 0.4) is 0 Å². The van der Waals surface area contributed by atoms with Crippen LogP contribution in [0.1, 0.15) is 19.4 Å². The van der Waals surface area contributed by atoms with E-state index in [4.69, 9.17) is 0 Å². The van der Waals surface area contributed by atoms with E-state index >= 15 is 0 Å². The molecule has 0 saturated heterocycles. The van der Waals surface area contributed by atoms with E-state index in [2.05, 4.69) is 24.1 Å². The topological polar surface area (TPSA) is 58.4 Å². The van der Waals surface area contributed by atoms with Crippen LogP contribution >= 0.6 is 0 Å². The van der Waals surface area contributed by atoms with Crippen molar-refractivity contribution < 1.29 is 4.92 Å². The van der Waals surface area contributed by atoms with Gasteiger partial charge in [-0.1, -0.05) is 19.9 Å². The summed E-state index contributed by atoms with van der Waals surface area (Å²) in [4.78, 5) is 12.8. The van der Waals surface area contributed by atoms with Crippen LogP contribution in [-0.2, 0) is 6.54 Å². The van der Waals surface area contributed by atoms with Gasteiger partial charge in [-0.3, -0.25) is 10.1 Å². The summed E-state index contributed by atoms with van der Waals surface area (Å²) >= 11 is 0. The zero-order chi connectivity index (χ0) is 13.7. The van der Waals surface area contributed by atoms with Crippen molar-refractivity contribution in [2.24, 2.45) is 5.92 Å². The molecular formula is C13H21N3O2. The van der Waals surface area contributed by atoms with E-state index in [-0.39, 0.29) is 10.6 Å². The van der Waals surface area contributed by atoms with Gasteiger partial charge >= 0.3 is 0 Å². The van der Waals surface area contributed by atoms with Gasteiger partial charge in [-0.15, -0.1) is 0 Å². The van der Waals surface area contributed by atoms with Gasteiger partial charge < -0.3 is 10.2 Å². The Morgan fingerprint density at radius 3 is 2.61 bits per heavy atom. The molecule has 0 heterocycles. The number of hydrogen-bond acceptors (Lipinski definition) is 4. The number of nitrogens with zero attached hydrogens (tertiary/aromatic N) is 2. The lowest BCUT2D eigenvalue weighted by molar-refractivity contribution is -0.384. The normalized spacial score (nSPS) is 11.0. The highest BCUT2D eigenvalue weighted by molar-refractivity contribution is 5.62. The number of anilines is 1. The van der Waals surface area contributed by atoms with Gasteiger partial charge in [0.05, 0.1) is 4.92 Å². The van der Waals surface area contributed by atoms with Gasteiger partial charge in [-0.2, -0.15) is 0 Å². The predicted octanol–water partition coefficient (Wildman–Crippen LogP) is 2.72. The second-order valence-electron chi connectivity index (χ2n) is 4.95. The van der Waals surface area contributed by atoms with Gasteiger partial charge in [0.1, 0.15) is 5.69 Å². The molecule has 0 amide bonds. The van der Waals surface area contributed by atoms with E-state index in [9.17, 15) is 10.1 Å². The van der Waals surface area contributed by atoms with Crippen LogP contribution < -0.4 is 5.32 Å². The van der Waals surface area contributed by atoms with Crippen molar-refractivity contribution in [3.63, 3.8) is 0 Å². The first-order valence-electron chi connectivity index (χ1n) is 6.07. The van der Waals surface area contributed by atoms with Crippen LogP contribution in [0.4, 0.5) is 11.4 Å². The molecule has 5 nitrogen and oxygen atoms in total. The van der Waals surface area contributed by atoms with Crippen LogP contribution in [0.2, 0.25) is 0 Å². The van der Waals surface area contributed by atoms with Gasteiger partial charge in [0, 0.05) is 26.2 Å². The highest BCUT2D eigenvalue weighted by Gasteiger charge is 2.14. The second kappa shape index (κ2) is 6.35. The molecular weight excluding hydrogens is 230 g/mol. The van der Waals surface area contributed by atoms with Crippen LogP contribution in [0.25, 0.3) is 0 Å². The molecule has 0 fully saturated rings. The maximum atomic E-state index is 10.9. The molecule has 0 unspecified atom stereocenters. The molecule has 0 radical (unpaired) electrons. The zero-order valence-electron chi connectivity index (χ0n) is 11.4. The monoisotopic (exact) mass is 251 g/mol. The standard InChI is InChI=1S/C13H21N3O2/c1-10(2)8-15(4)9-11-5-6-12(14-3)13(7-11)16(17)18/h5-7,10,14H,8-9H2,1-4H3. The summed E-state index contributed by atoms with van der Waals surface area (Å²) in [7, 11) is 3.71. The Labute approximate surface area is 108 Å². The average molecular weight is 251 g/mol. The largest absolute Gasteiger partial charge is 0.383 e. The van der Waals surface area contributed by atoms with E-state index in [1.54, 1.807) is 19.2 Å². The third-order valence-corrected chi connectivity index (χ3v) is 2.66. The average Bonchev–Trinajstić information content (AvgIpc) is 2.27. The molecule has 1 aromatic carbocycles. The summed E-state index contributed by atoms with van der Waals surface area (Å²) in [6.07, 6.45) is 0. The van der Waals surface area contributed by atoms with Crippen molar-refractivity contribution in [2.45, 2.75) is 20.4 Å². The first kappa shape index (κ1) is 14.4. The van der Waals surface area contributed by atoms with Crippen molar-refractivity contribution in [3.05, 3.63) is 33.9 Å². The SMILES string of the molecule is CNc1ccc(CN(C)CC(C)C)cc1[N+](=O)[O-]. The fourth-order valence-corrected chi connectivity index (χ4v) is 2.04. The number of nitro groups is 1. The predicted molar refractivity (Wildman–Crippen MR) is 73.8 cm³/mol. The Balaban J connectivity index is 2.85. The summed E-state index contributed by atoms with van der Waals surface area (Å²) in [5.41, 5.74) is 1.65. The second-order valence-corrected chi connectivity index (χ2v) is 4.95. The van der Waals surface area contributed by atoms with Crippen molar-refractivity contribution in [2.75, 3.05) is 26.0 Å². The number of hydrogen-bond donors (Lipinski definition) is 1. The third-order valence-electron chi connectivity index (χ3n) is 2.66. The van der Waals surface area contributed by atoms with Gasteiger partial charge in [0.15, 0.2) is 0 Å². The molecule has 1 aromatic rings. The summed E-state index contributed by atoms with van der Waals surface area (Å²) in [5.74, 6) is 0.585. The van der Waals surface area contributed by atoms with Crippen LogP contribution in [0.5, 0.6) is 0 Å². The quantitative estimate of drug-likeness (QED) is 0.624. The molecule has 1 rings (SSSR count). The molecule has 5 heteroatoms. The van der Waals surface area contributed by atoms with Gasteiger partial charge in [-0.25, -0.2) is 0 Å². The van der Waals surface area contributed by atoms with Crippen molar-refractivity contribution in [3.8, 4) is 0 Å². The maximum absolute atomic E-state index is 10.9. The van der Waals surface area contributed by atoms with Crippen molar-refractivity contribution in [1.82, 2.24) is 4.90 Å². The van der Waals surface area contributed by atoms with Crippen LogP contribution in [-0.4, -0.2) is 30.5 Å². The molecule has 0 saturated carbocycles. The number of benzene rings is 1. The summed E-state index contributed by atoms with van der Waals surface area (Å²) in [5, 5.41) is 13.8. The first-order valence-corrected chi connectivity index (χ1v) is 6.07. The van der Waals surface area contributed by atoms with Crippen molar-refractivity contribution in [1.29, 1.82) is 0 Å². The highest BCUT2D eigenvalue weighted by atomic mass is 16.6. The van der Waals surface area contributed by atoms with E-state index in [0.717, 1.165) is 18.7 Å². The molecule has 0 spiro atoms. The minimum absolute atomic E-state index is 0.132. The van der Waals surface area contributed by atoms with E-state index in [0.29, 0.717) is 11.6 Å². The first-order chi connectivity index (χ1) is 8.43. The maximum Gasteiger partial charge on any atom is 0.292 e. The molecule has 0 aliphatic rings. The van der Waals surface area contributed by atoms with E-state index in [1.807, 2.05) is 13.1 Å². The summed E-state index contributed by atoms with van der Waals surface area (Å²) < 4.78 is 0. The number of rotatable bonds is 6. The Hall–Kier alpha value is -1.62. The number of nitro benzene ring substituents is 1. The molecule has 0 aliphatic heterocycles. The minimum Gasteiger partial charge on any atom is -0.383 e. The smallest absolute Gasteiger partial charge is 0.292 e. The number of nitrogens with one attached hydrogen (secondary N) is 1. The van der Waals surface area contributed by atoms with Crippen molar-refractivity contribution >= 4 is 11.4 Å². The third kappa shape index (κ3) is 4.00. The molecule has 100 valence electrons. The van der Waals surface area contributed by atoms with Gasteiger partial charge in [0.25, 0.3) is 5.69 Å². The lowest BCUT2D eigenvalue weighted by Gasteiger charge is -2.19. The van der Waals surface area contributed by atoms with E-state index in [1.165, 1.54) is 0 Å². The lowest BCUT2D eigenvalue weighted by atomic mass is 10.1. The Bertz CT molecular complexity index is 419. The summed E-state index contributed by atoms with van der Waals surface area (Å²) in [6.45, 7) is 6.01. The fourth-order valence-electron chi connectivity index (χ4n) is 2.04. The molecule has 1 N–H and O–H groups in total. The Morgan fingerprint density at radius 1 is 1.44 bits per heavy atom. The molecule has 0 bridgehead atoms. The fraction of sp³-hybridized carbons (Fsp3) is 0.538.